The Balaban J connectivity index is 2.06. The summed E-state index contributed by atoms with van der Waals surface area (Å²) in [7, 11) is 0. The van der Waals surface area contributed by atoms with Crippen molar-refractivity contribution in [3.05, 3.63) is 47.1 Å². The minimum absolute atomic E-state index is 0.00144. The Labute approximate surface area is 138 Å². The van der Waals surface area contributed by atoms with E-state index in [9.17, 15) is 14.0 Å². The van der Waals surface area contributed by atoms with Gasteiger partial charge in [-0.2, -0.15) is 0 Å². The molecule has 122 valence electrons. The molecule has 0 unspecified atom stereocenters. The fraction of sp³-hybridized carbons (Fsp3) is 0.294. The molecule has 0 spiro atoms. The van der Waals surface area contributed by atoms with Crippen LogP contribution in [-0.2, 0) is 4.79 Å². The van der Waals surface area contributed by atoms with Crippen LogP contribution in [0, 0.1) is 5.82 Å². The second-order valence-corrected chi connectivity index (χ2v) is 6.99. The number of hydrogen-bond acceptors (Lipinski definition) is 3. The maximum absolute atomic E-state index is 12.9. The van der Waals surface area contributed by atoms with Gasteiger partial charge in [0, 0.05) is 16.8 Å². The summed E-state index contributed by atoms with van der Waals surface area (Å²) in [6.45, 7) is 3.59. The minimum Gasteiger partial charge on any atom is -0.481 e. The van der Waals surface area contributed by atoms with Gasteiger partial charge in [0.1, 0.15) is 5.82 Å². The highest BCUT2D eigenvalue weighted by atomic mass is 32.1. The molecule has 0 saturated carbocycles. The van der Waals surface area contributed by atoms with Crippen molar-refractivity contribution in [3.8, 4) is 10.4 Å². The highest BCUT2D eigenvalue weighted by Gasteiger charge is 2.23. The van der Waals surface area contributed by atoms with E-state index in [2.05, 4.69) is 5.32 Å². The van der Waals surface area contributed by atoms with Crippen molar-refractivity contribution in [3.63, 3.8) is 0 Å². The average molecular weight is 335 g/mol. The zero-order chi connectivity index (χ0) is 17.0. The maximum atomic E-state index is 12.9. The summed E-state index contributed by atoms with van der Waals surface area (Å²) < 4.78 is 12.9. The molecule has 0 aliphatic rings. The van der Waals surface area contributed by atoms with Crippen LogP contribution in [0.3, 0.4) is 0 Å². The predicted molar refractivity (Wildman–Crippen MR) is 88.1 cm³/mol. The molecule has 0 saturated heterocycles. The lowest BCUT2D eigenvalue weighted by Crippen LogP contribution is -2.43. The lowest BCUT2D eigenvalue weighted by atomic mass is 9.98. The van der Waals surface area contributed by atoms with E-state index in [0.717, 1.165) is 10.4 Å². The minimum atomic E-state index is -0.887. The number of carbonyl (C=O) groups is 2. The predicted octanol–water partition coefficient (Wildman–Crippen LogP) is 3.93. The van der Waals surface area contributed by atoms with Crippen LogP contribution in [0.25, 0.3) is 10.4 Å². The number of thiophene rings is 1. The highest BCUT2D eigenvalue weighted by molar-refractivity contribution is 7.17. The van der Waals surface area contributed by atoms with Gasteiger partial charge in [0.2, 0.25) is 0 Å². The number of halogens is 1. The van der Waals surface area contributed by atoms with Gasteiger partial charge in [-0.15, -0.1) is 11.3 Å². The number of carboxylic acids is 1. The Hall–Kier alpha value is -2.21. The summed E-state index contributed by atoms with van der Waals surface area (Å²) in [5.41, 5.74) is 0.246. The Morgan fingerprint density at radius 3 is 2.43 bits per heavy atom. The Bertz CT molecular complexity index is 707. The molecule has 2 rings (SSSR count). The van der Waals surface area contributed by atoms with Crippen LogP contribution in [0.15, 0.2) is 36.4 Å². The molecule has 0 aliphatic heterocycles. The first-order chi connectivity index (χ1) is 10.8. The van der Waals surface area contributed by atoms with Crippen LogP contribution in [-0.4, -0.2) is 22.5 Å². The van der Waals surface area contributed by atoms with Crippen molar-refractivity contribution in [1.82, 2.24) is 5.32 Å². The van der Waals surface area contributed by atoms with Gasteiger partial charge in [0.25, 0.3) is 5.91 Å². The summed E-state index contributed by atoms with van der Waals surface area (Å²) >= 11 is 1.31. The van der Waals surface area contributed by atoms with Gasteiger partial charge in [0.15, 0.2) is 0 Å². The molecule has 1 aromatic carbocycles. The number of carboxylic acid groups (broad SMARTS) is 1. The first kappa shape index (κ1) is 17.1. The molecule has 6 heteroatoms. The summed E-state index contributed by atoms with van der Waals surface area (Å²) in [4.78, 5) is 24.4. The van der Waals surface area contributed by atoms with E-state index in [1.165, 1.54) is 23.5 Å². The standard InChI is InChI=1S/C17H18FNO3S/c1-17(2,10-9-15(20)21)19-16(22)14-8-7-13(23-14)11-3-5-12(18)6-4-11/h3-8H,9-10H2,1-2H3,(H,19,22)(H,20,21). The third kappa shape index (κ3) is 4.89. The van der Waals surface area contributed by atoms with Gasteiger partial charge < -0.3 is 10.4 Å². The van der Waals surface area contributed by atoms with Crippen molar-refractivity contribution in [2.45, 2.75) is 32.2 Å². The van der Waals surface area contributed by atoms with Crippen molar-refractivity contribution in [2.24, 2.45) is 0 Å². The molecule has 23 heavy (non-hydrogen) atoms. The Morgan fingerprint density at radius 1 is 1.17 bits per heavy atom. The monoisotopic (exact) mass is 335 g/mol. The first-order valence-corrected chi connectivity index (χ1v) is 7.98. The van der Waals surface area contributed by atoms with Crippen molar-refractivity contribution in [2.75, 3.05) is 0 Å². The van der Waals surface area contributed by atoms with E-state index in [1.54, 1.807) is 32.0 Å². The number of benzene rings is 1. The highest BCUT2D eigenvalue weighted by Crippen LogP contribution is 2.28. The number of nitrogens with one attached hydrogen (secondary N) is 1. The van der Waals surface area contributed by atoms with E-state index < -0.39 is 11.5 Å². The fourth-order valence-corrected chi connectivity index (χ4v) is 2.99. The topological polar surface area (TPSA) is 66.4 Å². The largest absolute Gasteiger partial charge is 0.481 e. The van der Waals surface area contributed by atoms with E-state index >= 15 is 0 Å². The van der Waals surface area contributed by atoms with Crippen LogP contribution in [0.1, 0.15) is 36.4 Å². The second-order valence-electron chi connectivity index (χ2n) is 5.90. The first-order valence-electron chi connectivity index (χ1n) is 7.17. The van der Waals surface area contributed by atoms with Crippen molar-refractivity contribution < 1.29 is 19.1 Å². The SMILES string of the molecule is CC(C)(CCC(=O)O)NC(=O)c1ccc(-c2ccc(F)cc2)s1. The van der Waals surface area contributed by atoms with Crippen LogP contribution in [0.5, 0.6) is 0 Å². The van der Waals surface area contributed by atoms with Crippen LogP contribution in [0.4, 0.5) is 4.39 Å². The Kier molecular flexibility index (Phi) is 5.15. The number of aliphatic carboxylic acids is 1. The molecule has 1 amide bonds. The van der Waals surface area contributed by atoms with E-state index in [-0.39, 0.29) is 18.1 Å². The molecule has 0 bridgehead atoms. The number of rotatable bonds is 6. The van der Waals surface area contributed by atoms with Gasteiger partial charge >= 0.3 is 5.97 Å². The second kappa shape index (κ2) is 6.91. The van der Waals surface area contributed by atoms with Crippen LogP contribution >= 0.6 is 11.3 Å². The molecule has 0 aliphatic carbocycles. The maximum Gasteiger partial charge on any atom is 0.303 e. The summed E-state index contributed by atoms with van der Waals surface area (Å²) in [6, 6.07) is 9.62. The van der Waals surface area contributed by atoms with Gasteiger partial charge in [-0.3, -0.25) is 9.59 Å². The smallest absolute Gasteiger partial charge is 0.303 e. The molecule has 0 radical (unpaired) electrons. The van der Waals surface area contributed by atoms with Crippen molar-refractivity contribution in [1.29, 1.82) is 0 Å². The van der Waals surface area contributed by atoms with Crippen molar-refractivity contribution >= 4 is 23.2 Å². The van der Waals surface area contributed by atoms with Crippen LogP contribution in [0.2, 0.25) is 0 Å². The quantitative estimate of drug-likeness (QED) is 0.840. The number of amides is 1. The van der Waals surface area contributed by atoms with Gasteiger partial charge in [0.05, 0.1) is 4.88 Å². The summed E-state index contributed by atoms with van der Waals surface area (Å²) in [5, 5.41) is 11.6. The Morgan fingerprint density at radius 2 is 1.83 bits per heavy atom. The molecule has 1 heterocycles. The molecular formula is C17H18FNO3S. The van der Waals surface area contributed by atoms with Gasteiger partial charge in [-0.25, -0.2) is 4.39 Å². The third-order valence-electron chi connectivity index (χ3n) is 3.37. The molecule has 0 fully saturated rings. The van der Waals surface area contributed by atoms with Crippen LogP contribution < -0.4 is 5.32 Å². The zero-order valence-corrected chi connectivity index (χ0v) is 13.7. The average Bonchev–Trinajstić information content (AvgIpc) is 2.95. The molecule has 1 aromatic heterocycles. The molecule has 2 aromatic rings. The summed E-state index contributed by atoms with van der Waals surface area (Å²) in [5.74, 6) is -1.43. The normalized spacial score (nSPS) is 11.3. The van der Waals surface area contributed by atoms with E-state index in [4.69, 9.17) is 5.11 Å². The molecule has 4 nitrogen and oxygen atoms in total. The molecule has 0 atom stereocenters. The molecular weight excluding hydrogens is 317 g/mol. The lowest BCUT2D eigenvalue weighted by Gasteiger charge is -2.25. The van der Waals surface area contributed by atoms with Gasteiger partial charge in [-0.05, 0) is 50.1 Å². The molecule has 2 N–H and O–H groups in total. The zero-order valence-electron chi connectivity index (χ0n) is 12.9. The lowest BCUT2D eigenvalue weighted by molar-refractivity contribution is -0.137. The summed E-state index contributed by atoms with van der Waals surface area (Å²) in [6.07, 6.45) is 0.350. The number of carbonyl (C=O) groups excluding carboxylic acids is 1. The van der Waals surface area contributed by atoms with Gasteiger partial charge in [-0.1, -0.05) is 12.1 Å². The third-order valence-corrected chi connectivity index (χ3v) is 4.51. The van der Waals surface area contributed by atoms with E-state index in [1.807, 2.05) is 6.07 Å². The fourth-order valence-electron chi connectivity index (χ4n) is 2.08. The number of hydrogen-bond donors (Lipinski definition) is 2. The van der Waals surface area contributed by atoms with E-state index in [0.29, 0.717) is 11.3 Å².